The van der Waals surface area contributed by atoms with Crippen molar-refractivity contribution in [2.24, 2.45) is 5.92 Å². The summed E-state index contributed by atoms with van der Waals surface area (Å²) in [5.41, 5.74) is 0.810. The minimum Gasteiger partial charge on any atom is -0.493 e. The number of nitrogens with one attached hydrogen (secondary N) is 1. The van der Waals surface area contributed by atoms with E-state index in [9.17, 15) is 13.2 Å². The van der Waals surface area contributed by atoms with Gasteiger partial charge in [0.05, 0.1) is 7.11 Å². The van der Waals surface area contributed by atoms with Crippen molar-refractivity contribution in [2.75, 3.05) is 13.9 Å². The van der Waals surface area contributed by atoms with E-state index in [1.165, 1.54) is 20.0 Å². The Morgan fingerprint density at radius 2 is 1.86 bits per heavy atom. The van der Waals surface area contributed by atoms with Crippen molar-refractivity contribution in [3.05, 3.63) is 23.8 Å². The van der Waals surface area contributed by atoms with E-state index < -0.39 is 17.2 Å². The molecule has 0 saturated carbocycles. The maximum absolute atomic E-state index is 11.9. The summed E-state index contributed by atoms with van der Waals surface area (Å²) in [4.78, 5) is 11.9. The van der Waals surface area contributed by atoms with Gasteiger partial charge in [-0.2, -0.15) is 8.42 Å². The molecule has 0 aliphatic heterocycles. The summed E-state index contributed by atoms with van der Waals surface area (Å²) < 4.78 is 44.0. The fourth-order valence-corrected chi connectivity index (χ4v) is 2.74. The van der Waals surface area contributed by atoms with Gasteiger partial charge in [0.25, 0.3) is 0 Å². The molecule has 0 spiro atoms. The number of rotatable bonds is 14. The second kappa shape index (κ2) is 12.6. The number of methoxy groups -OCH3 is 1. The van der Waals surface area contributed by atoms with Gasteiger partial charge in [0.15, 0.2) is 11.5 Å². The van der Waals surface area contributed by atoms with Gasteiger partial charge in [-0.05, 0) is 30.0 Å². The van der Waals surface area contributed by atoms with Crippen molar-refractivity contribution in [2.45, 2.75) is 58.9 Å². The fraction of sp³-hybridized carbons (Fsp3) is 0.632. The van der Waals surface area contributed by atoms with Crippen molar-refractivity contribution in [1.82, 2.24) is 5.32 Å². The highest BCUT2D eigenvalue weighted by Crippen LogP contribution is 2.28. The van der Waals surface area contributed by atoms with Crippen LogP contribution in [0, 0.1) is 5.92 Å². The van der Waals surface area contributed by atoms with E-state index in [1.807, 2.05) is 0 Å². The third-order valence-electron chi connectivity index (χ3n) is 4.06. The van der Waals surface area contributed by atoms with E-state index in [1.54, 1.807) is 18.2 Å². The molecule has 1 aromatic carbocycles. The molecule has 0 aliphatic carbocycles. The van der Waals surface area contributed by atoms with E-state index in [2.05, 4.69) is 23.3 Å². The van der Waals surface area contributed by atoms with Gasteiger partial charge in [-0.15, -0.1) is 0 Å². The Morgan fingerprint density at radius 1 is 1.14 bits per heavy atom. The molecule has 160 valence electrons. The summed E-state index contributed by atoms with van der Waals surface area (Å²) in [6.07, 6.45) is 6.05. The highest BCUT2D eigenvalue weighted by Gasteiger charge is 2.10. The molecular weight excluding hydrogens is 386 g/mol. The molecule has 0 aromatic heterocycles. The van der Waals surface area contributed by atoms with E-state index >= 15 is 0 Å². The molecule has 8 nitrogen and oxygen atoms in total. The number of benzene rings is 1. The highest BCUT2D eigenvalue weighted by molar-refractivity contribution is 7.80. The standard InChI is InChI=1S/C19H31NO7S/c1-15(2)8-6-4-5-7-9-19(21)20-13-16-10-11-17(18(12-16)25-3)26-14-27-28(22,23)24/h10-12,15H,4-9,13-14H2,1-3H3,(H,20,21)(H,22,23,24). The van der Waals surface area contributed by atoms with Gasteiger partial charge in [-0.25, -0.2) is 4.18 Å². The number of hydrogen-bond donors (Lipinski definition) is 2. The van der Waals surface area contributed by atoms with Crippen LogP contribution in [0.15, 0.2) is 18.2 Å². The molecule has 0 radical (unpaired) electrons. The molecule has 28 heavy (non-hydrogen) atoms. The van der Waals surface area contributed by atoms with Crippen LogP contribution >= 0.6 is 0 Å². The van der Waals surface area contributed by atoms with Crippen LogP contribution in [-0.2, 0) is 25.9 Å². The fourth-order valence-electron chi connectivity index (χ4n) is 2.57. The molecule has 1 aromatic rings. The minimum atomic E-state index is -4.57. The number of carbonyl (C=O) groups is 1. The van der Waals surface area contributed by atoms with Crippen LogP contribution in [0.1, 0.15) is 57.9 Å². The lowest BCUT2D eigenvalue weighted by Gasteiger charge is -2.12. The van der Waals surface area contributed by atoms with E-state index in [0.717, 1.165) is 30.7 Å². The first-order valence-electron chi connectivity index (χ1n) is 9.39. The number of carbonyl (C=O) groups excluding carboxylic acids is 1. The Bertz CT molecular complexity index is 704. The summed E-state index contributed by atoms with van der Waals surface area (Å²) in [6, 6.07) is 4.97. The van der Waals surface area contributed by atoms with Gasteiger partial charge in [0, 0.05) is 13.0 Å². The van der Waals surface area contributed by atoms with Gasteiger partial charge in [-0.1, -0.05) is 45.6 Å². The van der Waals surface area contributed by atoms with Crippen molar-refractivity contribution >= 4 is 16.3 Å². The molecule has 0 unspecified atom stereocenters. The van der Waals surface area contributed by atoms with Crippen molar-refractivity contribution < 1.29 is 31.4 Å². The highest BCUT2D eigenvalue weighted by atomic mass is 32.3. The normalized spacial score (nSPS) is 11.5. The zero-order valence-electron chi connectivity index (χ0n) is 16.8. The Labute approximate surface area is 167 Å². The first kappa shape index (κ1) is 24.2. The van der Waals surface area contributed by atoms with Crippen molar-refractivity contribution in [3.8, 4) is 11.5 Å². The summed E-state index contributed by atoms with van der Waals surface area (Å²) in [5, 5.41) is 2.87. The van der Waals surface area contributed by atoms with Gasteiger partial charge in [0.1, 0.15) is 0 Å². The second-order valence-corrected chi connectivity index (χ2v) is 8.01. The van der Waals surface area contributed by atoms with Crippen molar-refractivity contribution in [1.29, 1.82) is 0 Å². The predicted octanol–water partition coefficient (Wildman–Crippen LogP) is 3.46. The van der Waals surface area contributed by atoms with Gasteiger partial charge >= 0.3 is 10.4 Å². The summed E-state index contributed by atoms with van der Waals surface area (Å²) >= 11 is 0. The summed E-state index contributed by atoms with van der Waals surface area (Å²) in [7, 11) is -3.13. The summed E-state index contributed by atoms with van der Waals surface area (Å²) in [6.45, 7) is 4.11. The van der Waals surface area contributed by atoms with Crippen molar-refractivity contribution in [3.63, 3.8) is 0 Å². The Morgan fingerprint density at radius 3 is 2.50 bits per heavy atom. The summed E-state index contributed by atoms with van der Waals surface area (Å²) in [5.74, 6) is 1.34. The number of unbranched alkanes of at least 4 members (excludes halogenated alkanes) is 3. The zero-order chi connectivity index (χ0) is 21.0. The van der Waals surface area contributed by atoms with Gasteiger partial charge in [-0.3, -0.25) is 9.35 Å². The van der Waals surface area contributed by atoms with E-state index in [0.29, 0.717) is 18.7 Å². The first-order valence-corrected chi connectivity index (χ1v) is 10.8. The van der Waals surface area contributed by atoms with Crippen LogP contribution in [0.4, 0.5) is 0 Å². The van der Waals surface area contributed by atoms with Crippen LogP contribution in [0.3, 0.4) is 0 Å². The third-order valence-corrected chi connectivity index (χ3v) is 4.46. The van der Waals surface area contributed by atoms with Crippen LogP contribution < -0.4 is 14.8 Å². The zero-order valence-corrected chi connectivity index (χ0v) is 17.6. The van der Waals surface area contributed by atoms with Gasteiger partial charge < -0.3 is 14.8 Å². The van der Waals surface area contributed by atoms with E-state index in [4.69, 9.17) is 14.0 Å². The molecule has 9 heteroatoms. The average molecular weight is 418 g/mol. The van der Waals surface area contributed by atoms with Gasteiger partial charge in [0.2, 0.25) is 12.7 Å². The quantitative estimate of drug-likeness (QED) is 0.271. The first-order chi connectivity index (χ1) is 13.2. The molecular formula is C19H31NO7S. The molecule has 2 N–H and O–H groups in total. The topological polar surface area (TPSA) is 111 Å². The smallest absolute Gasteiger partial charge is 0.400 e. The second-order valence-electron chi connectivity index (χ2n) is 6.92. The molecule has 0 fully saturated rings. The Balaban J connectivity index is 2.36. The number of hydrogen-bond acceptors (Lipinski definition) is 6. The molecule has 0 aliphatic rings. The predicted molar refractivity (Wildman–Crippen MR) is 106 cm³/mol. The number of amides is 1. The lowest BCUT2D eigenvalue weighted by molar-refractivity contribution is -0.121. The molecule has 1 amide bonds. The molecule has 1 rings (SSSR count). The van der Waals surface area contributed by atoms with Crippen LogP contribution in [0.5, 0.6) is 11.5 Å². The molecule has 0 bridgehead atoms. The average Bonchev–Trinajstić information content (AvgIpc) is 2.62. The molecule has 0 saturated heterocycles. The number of ether oxygens (including phenoxy) is 2. The molecule has 0 atom stereocenters. The largest absolute Gasteiger partial charge is 0.493 e. The lowest BCUT2D eigenvalue weighted by Crippen LogP contribution is -2.22. The maximum atomic E-state index is 11.9. The van der Waals surface area contributed by atoms with Crippen LogP contribution in [0.25, 0.3) is 0 Å². The lowest BCUT2D eigenvalue weighted by atomic mass is 10.0. The Kier molecular flexibility index (Phi) is 10.9. The molecule has 0 heterocycles. The SMILES string of the molecule is COc1cc(CNC(=O)CCCCCCC(C)C)ccc1OCOS(=O)(=O)O. The van der Waals surface area contributed by atoms with Crippen LogP contribution in [-0.4, -0.2) is 32.8 Å². The Hall–Kier alpha value is -1.84. The van der Waals surface area contributed by atoms with Crippen LogP contribution in [0.2, 0.25) is 0 Å². The minimum absolute atomic E-state index is 0.00436. The monoisotopic (exact) mass is 417 g/mol. The third kappa shape index (κ3) is 11.1. The maximum Gasteiger partial charge on any atom is 0.400 e. The van der Waals surface area contributed by atoms with E-state index in [-0.39, 0.29) is 11.7 Å².